The summed E-state index contributed by atoms with van der Waals surface area (Å²) < 4.78 is 45.2. The van der Waals surface area contributed by atoms with E-state index in [2.05, 4.69) is 14.9 Å². The molecule has 0 aliphatic rings. The van der Waals surface area contributed by atoms with Gasteiger partial charge in [0.2, 0.25) is 0 Å². The van der Waals surface area contributed by atoms with Crippen molar-refractivity contribution in [2.24, 2.45) is 0 Å². The smallest absolute Gasteiger partial charge is 0.416 e. The number of aromatic nitrogens is 2. The van der Waals surface area contributed by atoms with Gasteiger partial charge in [0.1, 0.15) is 16.4 Å². The first kappa shape index (κ1) is 24.1. The lowest BCUT2D eigenvalue weighted by Gasteiger charge is -2.10. The highest BCUT2D eigenvalue weighted by molar-refractivity contribution is 5.54. The molecule has 0 aliphatic heterocycles. The second-order valence-corrected chi connectivity index (χ2v) is 7.68. The predicted octanol–water partition coefficient (Wildman–Crippen LogP) is 2.07. The van der Waals surface area contributed by atoms with Crippen LogP contribution >= 0.6 is 0 Å². The SMILES string of the molecule is CN(C)CCCOc1ccc(C=c2[nH]c(=O)c(=Cc3ccccc3C(F)(F)F)[nH]c2=O)cc1. The van der Waals surface area contributed by atoms with Crippen molar-refractivity contribution in [1.29, 1.82) is 0 Å². The molecule has 1 aromatic heterocycles. The standard InChI is InChI=1S/C24H24F3N3O3/c1-30(2)12-5-13-33-18-10-8-16(9-11-18)14-20-22(31)29-21(23(32)28-20)15-17-6-3-4-7-19(17)24(25,26)27/h3-4,6-11,14-15H,5,12-13H2,1-2H3,(H,28,32)(H,29,31). The summed E-state index contributed by atoms with van der Waals surface area (Å²) in [5.41, 5.74) is -1.81. The third-order valence-corrected chi connectivity index (χ3v) is 4.76. The van der Waals surface area contributed by atoms with Crippen LogP contribution in [0, 0.1) is 0 Å². The number of alkyl halides is 3. The van der Waals surface area contributed by atoms with Crippen LogP contribution < -0.4 is 26.6 Å². The van der Waals surface area contributed by atoms with Crippen molar-refractivity contribution in [2.75, 3.05) is 27.2 Å². The molecular weight excluding hydrogens is 435 g/mol. The monoisotopic (exact) mass is 459 g/mol. The molecule has 0 saturated heterocycles. The highest BCUT2D eigenvalue weighted by atomic mass is 19.4. The molecule has 1 heterocycles. The summed E-state index contributed by atoms with van der Waals surface area (Å²) in [5, 5.41) is -0.281. The Balaban J connectivity index is 1.86. The van der Waals surface area contributed by atoms with Crippen molar-refractivity contribution >= 4 is 12.2 Å². The molecule has 0 atom stereocenters. The number of hydrogen-bond donors (Lipinski definition) is 2. The van der Waals surface area contributed by atoms with Gasteiger partial charge in [-0.15, -0.1) is 0 Å². The zero-order chi connectivity index (χ0) is 24.0. The quantitative estimate of drug-likeness (QED) is 0.531. The first-order valence-corrected chi connectivity index (χ1v) is 10.2. The molecule has 0 unspecified atom stereocenters. The van der Waals surface area contributed by atoms with E-state index in [1.54, 1.807) is 24.3 Å². The maximum atomic E-state index is 13.2. The third-order valence-electron chi connectivity index (χ3n) is 4.76. The Hall–Kier alpha value is -3.59. The lowest BCUT2D eigenvalue weighted by molar-refractivity contribution is -0.137. The number of rotatable bonds is 7. The first-order chi connectivity index (χ1) is 15.6. The molecular formula is C24H24F3N3O3. The Morgan fingerprint density at radius 1 is 0.909 bits per heavy atom. The average molecular weight is 459 g/mol. The van der Waals surface area contributed by atoms with E-state index < -0.39 is 22.9 Å². The highest BCUT2D eigenvalue weighted by Crippen LogP contribution is 2.31. The van der Waals surface area contributed by atoms with Crippen LogP contribution in [0.2, 0.25) is 0 Å². The fourth-order valence-electron chi connectivity index (χ4n) is 3.13. The van der Waals surface area contributed by atoms with Gasteiger partial charge in [0.15, 0.2) is 0 Å². The van der Waals surface area contributed by atoms with Crippen LogP contribution in [-0.4, -0.2) is 42.1 Å². The molecule has 33 heavy (non-hydrogen) atoms. The van der Waals surface area contributed by atoms with Crippen molar-refractivity contribution in [1.82, 2.24) is 14.9 Å². The Labute approximate surface area is 187 Å². The number of benzene rings is 2. The van der Waals surface area contributed by atoms with Crippen LogP contribution in [0.25, 0.3) is 12.2 Å². The van der Waals surface area contributed by atoms with Gasteiger partial charge in [-0.3, -0.25) is 9.59 Å². The van der Waals surface area contributed by atoms with E-state index >= 15 is 0 Å². The van der Waals surface area contributed by atoms with Crippen LogP contribution in [-0.2, 0) is 6.18 Å². The molecule has 2 N–H and O–H groups in total. The van der Waals surface area contributed by atoms with Crippen molar-refractivity contribution in [3.05, 3.63) is 96.6 Å². The topological polar surface area (TPSA) is 78.2 Å². The largest absolute Gasteiger partial charge is 0.494 e. The molecule has 9 heteroatoms. The number of aromatic amines is 2. The van der Waals surface area contributed by atoms with Gasteiger partial charge in [-0.25, -0.2) is 0 Å². The summed E-state index contributed by atoms with van der Waals surface area (Å²) in [6.45, 7) is 1.49. The van der Waals surface area contributed by atoms with Crippen LogP contribution in [0.1, 0.15) is 23.1 Å². The number of ether oxygens (including phenoxy) is 1. The number of halogens is 3. The Kier molecular flexibility index (Phi) is 7.55. The van der Waals surface area contributed by atoms with Gasteiger partial charge >= 0.3 is 6.18 Å². The Morgan fingerprint density at radius 3 is 2.12 bits per heavy atom. The zero-order valence-electron chi connectivity index (χ0n) is 18.2. The zero-order valence-corrected chi connectivity index (χ0v) is 18.2. The summed E-state index contributed by atoms with van der Waals surface area (Å²) in [4.78, 5) is 31.7. The molecule has 3 rings (SSSR count). The summed E-state index contributed by atoms with van der Waals surface area (Å²) in [7, 11) is 3.98. The van der Waals surface area contributed by atoms with Crippen LogP contribution in [0.4, 0.5) is 13.2 Å². The molecule has 0 bridgehead atoms. The number of H-pyrrole nitrogens is 2. The molecule has 6 nitrogen and oxygen atoms in total. The minimum absolute atomic E-state index is 0.0130. The number of hydrogen-bond acceptors (Lipinski definition) is 4. The van der Waals surface area contributed by atoms with Gasteiger partial charge in [0.25, 0.3) is 11.1 Å². The molecule has 0 fully saturated rings. The van der Waals surface area contributed by atoms with Crippen LogP contribution in [0.3, 0.4) is 0 Å². The van der Waals surface area contributed by atoms with Crippen LogP contribution in [0.15, 0.2) is 58.1 Å². The van der Waals surface area contributed by atoms with E-state index in [0.29, 0.717) is 17.9 Å². The van der Waals surface area contributed by atoms with E-state index in [1.807, 2.05) is 14.1 Å². The first-order valence-electron chi connectivity index (χ1n) is 10.2. The Bertz CT molecular complexity index is 1320. The van der Waals surface area contributed by atoms with E-state index in [9.17, 15) is 22.8 Å². The summed E-state index contributed by atoms with van der Waals surface area (Å²) in [6, 6.07) is 11.8. The van der Waals surface area contributed by atoms with Crippen molar-refractivity contribution in [2.45, 2.75) is 12.6 Å². The molecule has 174 valence electrons. The molecule has 2 aromatic carbocycles. The minimum atomic E-state index is -4.59. The van der Waals surface area contributed by atoms with Crippen molar-refractivity contribution in [3.63, 3.8) is 0 Å². The molecule has 0 saturated carbocycles. The van der Waals surface area contributed by atoms with Gasteiger partial charge in [0, 0.05) is 6.54 Å². The summed E-state index contributed by atoms with van der Waals surface area (Å²) in [5.74, 6) is 0.682. The molecule has 3 aromatic rings. The normalized spacial score (nSPS) is 13.0. The predicted molar refractivity (Wildman–Crippen MR) is 121 cm³/mol. The molecule has 0 spiro atoms. The van der Waals surface area contributed by atoms with Crippen LogP contribution in [0.5, 0.6) is 5.75 Å². The van der Waals surface area contributed by atoms with E-state index in [0.717, 1.165) is 25.1 Å². The minimum Gasteiger partial charge on any atom is -0.494 e. The number of nitrogens with one attached hydrogen (secondary N) is 2. The summed E-state index contributed by atoms with van der Waals surface area (Å²) >= 11 is 0. The average Bonchev–Trinajstić information content (AvgIpc) is 2.75. The molecule has 0 radical (unpaired) electrons. The second-order valence-electron chi connectivity index (χ2n) is 7.68. The van der Waals surface area contributed by atoms with Gasteiger partial charge in [-0.2, -0.15) is 13.2 Å². The van der Waals surface area contributed by atoms with E-state index in [4.69, 9.17) is 4.74 Å². The van der Waals surface area contributed by atoms with Crippen molar-refractivity contribution < 1.29 is 17.9 Å². The third kappa shape index (κ3) is 6.69. The fraction of sp³-hybridized carbons (Fsp3) is 0.250. The maximum absolute atomic E-state index is 13.2. The summed E-state index contributed by atoms with van der Waals surface area (Å²) in [6.07, 6.45) is -1.22. The van der Waals surface area contributed by atoms with E-state index in [-0.39, 0.29) is 16.3 Å². The maximum Gasteiger partial charge on any atom is 0.416 e. The highest BCUT2D eigenvalue weighted by Gasteiger charge is 2.32. The molecule has 0 aliphatic carbocycles. The lowest BCUT2D eigenvalue weighted by Crippen LogP contribution is -2.46. The van der Waals surface area contributed by atoms with Gasteiger partial charge in [-0.1, -0.05) is 30.3 Å². The lowest BCUT2D eigenvalue weighted by atomic mass is 10.1. The van der Waals surface area contributed by atoms with E-state index in [1.165, 1.54) is 24.3 Å². The van der Waals surface area contributed by atoms with Gasteiger partial charge in [-0.05, 0) is 62.0 Å². The molecule has 0 amide bonds. The van der Waals surface area contributed by atoms with Crippen molar-refractivity contribution in [3.8, 4) is 5.75 Å². The Morgan fingerprint density at radius 2 is 1.52 bits per heavy atom. The second kappa shape index (κ2) is 10.4. The fourth-order valence-corrected chi connectivity index (χ4v) is 3.13. The van der Waals surface area contributed by atoms with Gasteiger partial charge < -0.3 is 19.6 Å². The van der Waals surface area contributed by atoms with Gasteiger partial charge in [0.05, 0.1) is 12.2 Å². The number of nitrogens with zero attached hydrogens (tertiary/aromatic N) is 1.